The van der Waals surface area contributed by atoms with Gasteiger partial charge in [0, 0.05) is 0 Å². The summed E-state index contributed by atoms with van der Waals surface area (Å²) in [7, 11) is 0. The highest BCUT2D eigenvalue weighted by Gasteiger charge is 1.93. The molecular formula is C3H5O4S-. The number of hydrogen-bond acceptors (Lipinski definition) is 4. The van der Waals surface area contributed by atoms with E-state index in [2.05, 4.69) is 10.8 Å². The molecule has 0 aliphatic heterocycles. The van der Waals surface area contributed by atoms with Crippen molar-refractivity contribution >= 4 is 11.4 Å². The Balaban J connectivity index is 3.38. The summed E-state index contributed by atoms with van der Waals surface area (Å²) in [5.41, 5.74) is 0. The van der Waals surface area contributed by atoms with Crippen LogP contribution >= 0.6 is 0 Å². The maximum atomic E-state index is 9.54. The van der Waals surface area contributed by atoms with Gasteiger partial charge in [-0.25, -0.2) is 4.21 Å². The van der Waals surface area contributed by atoms with Gasteiger partial charge < -0.3 is 9.66 Å². The van der Waals surface area contributed by atoms with Gasteiger partial charge in [-0.3, -0.25) is 4.18 Å². The normalized spacial score (nSPS) is 17.2. The van der Waals surface area contributed by atoms with Gasteiger partial charge in [0.15, 0.2) is 6.29 Å². The van der Waals surface area contributed by atoms with Gasteiger partial charge in [0.1, 0.15) is 0 Å². The Morgan fingerprint density at radius 2 is 2.50 bits per heavy atom. The monoisotopic (exact) mass is 137 g/mol. The fourth-order valence-electron chi connectivity index (χ4n) is 0.120. The zero-order chi connectivity index (χ0) is 6.57. The van der Waals surface area contributed by atoms with Crippen LogP contribution in [0, 0.1) is 0 Å². The molecule has 0 saturated heterocycles. The molecule has 0 aromatic rings. The molecule has 0 amide bonds. The molecule has 1 N–H and O–H groups in total. The molecule has 2 atom stereocenters. The molecule has 0 aliphatic rings. The van der Waals surface area contributed by atoms with Crippen molar-refractivity contribution in [2.45, 2.75) is 6.29 Å². The summed E-state index contributed by atoms with van der Waals surface area (Å²) in [6, 6.07) is 0. The molecule has 0 aromatic carbocycles. The molecule has 0 spiro atoms. The van der Waals surface area contributed by atoms with Crippen LogP contribution in [-0.4, -0.2) is 20.2 Å². The van der Waals surface area contributed by atoms with Crippen LogP contribution in [0.25, 0.3) is 0 Å². The number of rotatable bonds is 3. The van der Waals surface area contributed by atoms with E-state index < -0.39 is 17.7 Å². The molecule has 0 bridgehead atoms. The zero-order valence-electron chi connectivity index (χ0n) is 3.94. The predicted molar refractivity (Wildman–Crippen MR) is 26.2 cm³/mol. The Hall–Kier alpha value is -0.230. The van der Waals surface area contributed by atoms with E-state index in [4.69, 9.17) is 5.11 Å². The average Bonchev–Trinajstić information content (AvgIpc) is 1.65. The number of aliphatic hydroxyl groups excluding tert-OH is 1. The molecule has 0 fully saturated rings. The van der Waals surface area contributed by atoms with Gasteiger partial charge in [-0.2, -0.15) is 0 Å². The lowest BCUT2D eigenvalue weighted by Crippen LogP contribution is -2.09. The molecule has 0 aliphatic carbocycles. The van der Waals surface area contributed by atoms with E-state index >= 15 is 0 Å². The van der Waals surface area contributed by atoms with Crippen LogP contribution in [0.5, 0.6) is 0 Å². The van der Waals surface area contributed by atoms with Gasteiger partial charge in [0.2, 0.25) is 0 Å². The first-order chi connectivity index (χ1) is 3.66. The van der Waals surface area contributed by atoms with Crippen LogP contribution in [0.15, 0.2) is 12.7 Å². The minimum absolute atomic E-state index is 0.954. The maximum absolute atomic E-state index is 9.54. The molecule has 8 heavy (non-hydrogen) atoms. The number of hydrogen-bond donors (Lipinski definition) is 1. The van der Waals surface area contributed by atoms with E-state index in [0.717, 1.165) is 6.08 Å². The summed E-state index contributed by atoms with van der Waals surface area (Å²) < 4.78 is 22.8. The van der Waals surface area contributed by atoms with Crippen molar-refractivity contribution in [2.75, 3.05) is 0 Å². The standard InChI is InChI=1S/C3H6O4S/c1-2-3(4)7-8(5)6/h2-4H,1H2,(H,5,6)/p-1. The lowest BCUT2D eigenvalue weighted by Gasteiger charge is -2.06. The molecule has 0 aromatic heterocycles. The summed E-state index contributed by atoms with van der Waals surface area (Å²) in [5, 5.41) is 8.30. The Morgan fingerprint density at radius 1 is 2.00 bits per heavy atom. The highest BCUT2D eigenvalue weighted by atomic mass is 32.2. The Bertz CT molecular complexity index is 101. The molecule has 0 heterocycles. The largest absolute Gasteiger partial charge is 0.750 e. The summed E-state index contributed by atoms with van der Waals surface area (Å²) in [6.45, 7) is 3.07. The highest BCUT2D eigenvalue weighted by molar-refractivity contribution is 7.74. The number of aliphatic hydroxyl groups is 1. The van der Waals surface area contributed by atoms with Crippen LogP contribution in [0.1, 0.15) is 0 Å². The Labute approximate surface area is 49.3 Å². The SMILES string of the molecule is C=CC(O)OS(=O)[O-]. The molecule has 48 valence electrons. The van der Waals surface area contributed by atoms with Crippen molar-refractivity contribution in [3.8, 4) is 0 Å². The first kappa shape index (κ1) is 7.77. The molecule has 0 rings (SSSR count). The first-order valence-corrected chi connectivity index (χ1v) is 2.74. The first-order valence-electron chi connectivity index (χ1n) is 1.74. The van der Waals surface area contributed by atoms with Crippen molar-refractivity contribution in [3.05, 3.63) is 12.7 Å². The van der Waals surface area contributed by atoms with Crippen LogP contribution in [0.2, 0.25) is 0 Å². The minimum atomic E-state index is -2.67. The summed E-state index contributed by atoms with van der Waals surface area (Å²) in [5.74, 6) is 0. The van der Waals surface area contributed by atoms with E-state index in [1.54, 1.807) is 0 Å². The lowest BCUT2D eigenvalue weighted by molar-refractivity contribution is 0.0287. The molecule has 4 nitrogen and oxygen atoms in total. The van der Waals surface area contributed by atoms with Crippen molar-refractivity contribution in [3.63, 3.8) is 0 Å². The second-order valence-electron chi connectivity index (χ2n) is 0.927. The molecule has 2 unspecified atom stereocenters. The van der Waals surface area contributed by atoms with Crippen LogP contribution in [0.3, 0.4) is 0 Å². The van der Waals surface area contributed by atoms with Crippen LogP contribution < -0.4 is 0 Å². The maximum Gasteiger partial charge on any atom is 0.188 e. The van der Waals surface area contributed by atoms with Crippen LogP contribution in [0.4, 0.5) is 0 Å². The van der Waals surface area contributed by atoms with E-state index in [-0.39, 0.29) is 0 Å². The summed E-state index contributed by atoms with van der Waals surface area (Å²) in [6.07, 6.45) is -0.469. The second kappa shape index (κ2) is 3.73. The average molecular weight is 137 g/mol. The van der Waals surface area contributed by atoms with Gasteiger partial charge in [-0.15, -0.1) is 0 Å². The quantitative estimate of drug-likeness (QED) is 0.317. The molecule has 0 saturated carbocycles. The fourth-order valence-corrected chi connectivity index (χ4v) is 0.359. The van der Waals surface area contributed by atoms with Crippen LogP contribution in [-0.2, 0) is 15.5 Å². The third kappa shape index (κ3) is 3.94. The van der Waals surface area contributed by atoms with E-state index in [9.17, 15) is 8.76 Å². The van der Waals surface area contributed by atoms with Gasteiger partial charge in [0.25, 0.3) is 0 Å². The van der Waals surface area contributed by atoms with Crippen molar-refractivity contribution in [1.29, 1.82) is 0 Å². The lowest BCUT2D eigenvalue weighted by atomic mass is 10.6. The Morgan fingerprint density at radius 3 is 2.62 bits per heavy atom. The fraction of sp³-hybridized carbons (Fsp3) is 0.333. The van der Waals surface area contributed by atoms with E-state index in [1.165, 1.54) is 0 Å². The van der Waals surface area contributed by atoms with Crippen molar-refractivity contribution in [2.24, 2.45) is 0 Å². The third-order valence-electron chi connectivity index (χ3n) is 0.379. The summed E-state index contributed by atoms with van der Waals surface area (Å²) in [4.78, 5) is 0. The highest BCUT2D eigenvalue weighted by Crippen LogP contribution is 1.87. The van der Waals surface area contributed by atoms with Gasteiger partial charge in [-0.05, 0) is 6.08 Å². The molecule has 0 radical (unpaired) electrons. The van der Waals surface area contributed by atoms with Gasteiger partial charge in [0.05, 0.1) is 11.4 Å². The van der Waals surface area contributed by atoms with Gasteiger partial charge >= 0.3 is 0 Å². The van der Waals surface area contributed by atoms with E-state index in [1.807, 2.05) is 0 Å². The molecule has 5 heteroatoms. The summed E-state index contributed by atoms with van der Waals surface area (Å²) >= 11 is -2.67. The predicted octanol–water partition coefficient (Wildman–Crippen LogP) is -0.698. The van der Waals surface area contributed by atoms with Crippen molar-refractivity contribution < 1.29 is 18.1 Å². The van der Waals surface area contributed by atoms with Gasteiger partial charge in [-0.1, -0.05) is 6.58 Å². The topological polar surface area (TPSA) is 69.6 Å². The second-order valence-corrected chi connectivity index (χ2v) is 1.53. The van der Waals surface area contributed by atoms with Crippen molar-refractivity contribution in [1.82, 2.24) is 0 Å². The smallest absolute Gasteiger partial charge is 0.188 e. The zero-order valence-corrected chi connectivity index (χ0v) is 4.76. The Kier molecular flexibility index (Phi) is 3.63. The third-order valence-corrected chi connectivity index (χ3v) is 0.733. The molecular weight excluding hydrogens is 132 g/mol. The van der Waals surface area contributed by atoms with E-state index in [0.29, 0.717) is 0 Å². The minimum Gasteiger partial charge on any atom is -0.750 e.